The summed E-state index contributed by atoms with van der Waals surface area (Å²) in [5.41, 5.74) is 9.39. The Hall–Kier alpha value is -3.64. The first-order valence-electron chi connectivity index (χ1n) is 12.4. The second-order valence-electron chi connectivity index (χ2n) is 9.27. The lowest BCUT2D eigenvalue weighted by atomic mass is 9.96. The fraction of sp³-hybridized carbons (Fsp3) is 0.267. The number of benzene rings is 2. The Morgan fingerprint density at radius 3 is 2.50 bits per heavy atom. The zero-order valence-corrected chi connectivity index (χ0v) is 22.3. The maximum atomic E-state index is 5.95. The summed E-state index contributed by atoms with van der Waals surface area (Å²) in [5, 5.41) is 4.24. The molecule has 3 heterocycles. The number of anilines is 1. The van der Waals surface area contributed by atoms with E-state index < -0.39 is 0 Å². The van der Waals surface area contributed by atoms with Crippen LogP contribution in [0.4, 0.5) is 5.69 Å². The molecule has 0 unspecified atom stereocenters. The van der Waals surface area contributed by atoms with Crippen molar-refractivity contribution in [3.8, 4) is 11.4 Å². The minimum atomic E-state index is -0.111. The van der Waals surface area contributed by atoms with Gasteiger partial charge in [-0.1, -0.05) is 43.3 Å². The smallest absolute Gasteiger partial charge is 0.174 e. The summed E-state index contributed by atoms with van der Waals surface area (Å²) in [5.74, 6) is 0.786. The minimum Gasteiger partial charge on any atom is -0.495 e. The predicted octanol–water partition coefficient (Wildman–Crippen LogP) is 6.55. The van der Waals surface area contributed by atoms with E-state index in [4.69, 9.17) is 21.9 Å². The molecule has 1 fully saturated rings. The number of aryl methyl sites for hydroxylation is 3. The lowest BCUT2D eigenvalue weighted by Gasteiger charge is -2.29. The number of hydrogen-bond donors (Lipinski definition) is 1. The number of rotatable bonds is 6. The van der Waals surface area contributed by atoms with Crippen LogP contribution in [-0.4, -0.2) is 21.8 Å². The van der Waals surface area contributed by atoms with E-state index in [0.717, 1.165) is 23.6 Å². The van der Waals surface area contributed by atoms with Crippen molar-refractivity contribution in [2.45, 2.75) is 46.2 Å². The molecule has 184 valence electrons. The largest absolute Gasteiger partial charge is 0.495 e. The highest BCUT2D eigenvalue weighted by Crippen LogP contribution is 2.46. The number of ether oxygens (including phenoxy) is 1. The Morgan fingerprint density at radius 1 is 1.00 bits per heavy atom. The Labute approximate surface area is 218 Å². The lowest BCUT2D eigenvalue weighted by Crippen LogP contribution is -2.30. The fourth-order valence-electron chi connectivity index (χ4n) is 5.52. The average molecular weight is 497 g/mol. The normalized spacial score (nSPS) is 17.4. The van der Waals surface area contributed by atoms with Crippen molar-refractivity contribution < 1.29 is 4.74 Å². The SMILES string of the molecule is CCc1cccc(C)c1-n1c(C)cc([C@@H]2[C@H](c3ccccn3)NC(=S)N2c2ccccc2OC)c1C. The van der Waals surface area contributed by atoms with Gasteiger partial charge in [-0.25, -0.2) is 0 Å². The Morgan fingerprint density at radius 2 is 1.78 bits per heavy atom. The number of methoxy groups -OCH3 is 1. The molecule has 36 heavy (non-hydrogen) atoms. The Bertz CT molecular complexity index is 1410. The van der Waals surface area contributed by atoms with Gasteiger partial charge in [-0.15, -0.1) is 0 Å². The maximum Gasteiger partial charge on any atom is 0.174 e. The van der Waals surface area contributed by atoms with Crippen molar-refractivity contribution in [2.75, 3.05) is 12.0 Å². The average Bonchev–Trinajstić information content (AvgIpc) is 3.39. The monoisotopic (exact) mass is 496 g/mol. The summed E-state index contributed by atoms with van der Waals surface area (Å²) in [6.07, 6.45) is 2.81. The minimum absolute atomic E-state index is 0.0993. The van der Waals surface area contributed by atoms with E-state index in [9.17, 15) is 0 Å². The van der Waals surface area contributed by atoms with Gasteiger partial charge in [-0.2, -0.15) is 0 Å². The van der Waals surface area contributed by atoms with E-state index in [1.165, 1.54) is 33.8 Å². The van der Waals surface area contributed by atoms with E-state index in [-0.39, 0.29) is 12.1 Å². The topological polar surface area (TPSA) is 42.3 Å². The van der Waals surface area contributed by atoms with E-state index in [1.54, 1.807) is 7.11 Å². The third kappa shape index (κ3) is 3.95. The van der Waals surface area contributed by atoms with E-state index in [0.29, 0.717) is 5.11 Å². The molecule has 1 N–H and O–H groups in total. The molecule has 0 aliphatic carbocycles. The first-order chi connectivity index (χ1) is 17.5. The number of nitrogens with one attached hydrogen (secondary N) is 1. The molecule has 0 radical (unpaired) electrons. The summed E-state index contributed by atoms with van der Waals surface area (Å²) in [7, 11) is 1.70. The van der Waals surface area contributed by atoms with Crippen molar-refractivity contribution in [2.24, 2.45) is 0 Å². The van der Waals surface area contributed by atoms with Crippen LogP contribution in [0.2, 0.25) is 0 Å². The van der Waals surface area contributed by atoms with Gasteiger partial charge < -0.3 is 19.5 Å². The van der Waals surface area contributed by atoms with Crippen molar-refractivity contribution in [1.29, 1.82) is 0 Å². The first kappa shape index (κ1) is 24.1. The van der Waals surface area contributed by atoms with Crippen molar-refractivity contribution in [3.63, 3.8) is 0 Å². The molecule has 1 saturated heterocycles. The van der Waals surface area contributed by atoms with Crippen LogP contribution in [0.25, 0.3) is 5.69 Å². The Kier molecular flexibility index (Phi) is 6.54. The fourth-order valence-corrected chi connectivity index (χ4v) is 5.85. The molecule has 2 atom stereocenters. The highest BCUT2D eigenvalue weighted by atomic mass is 32.1. The summed E-state index contributed by atoms with van der Waals surface area (Å²) in [6.45, 7) is 8.81. The highest BCUT2D eigenvalue weighted by molar-refractivity contribution is 7.80. The molecule has 6 heteroatoms. The number of para-hydroxylation sites is 3. The van der Waals surface area contributed by atoms with E-state index >= 15 is 0 Å². The van der Waals surface area contributed by atoms with Crippen LogP contribution in [0.5, 0.6) is 5.75 Å². The molecule has 2 aromatic carbocycles. The molecule has 0 saturated carbocycles. The number of pyridine rings is 1. The van der Waals surface area contributed by atoms with Gasteiger partial charge in [0.1, 0.15) is 5.75 Å². The predicted molar refractivity (Wildman–Crippen MR) is 150 cm³/mol. The van der Waals surface area contributed by atoms with Gasteiger partial charge in [0.2, 0.25) is 0 Å². The third-order valence-electron chi connectivity index (χ3n) is 7.16. The molecule has 5 rings (SSSR count). The number of hydrogen-bond acceptors (Lipinski definition) is 3. The quantitative estimate of drug-likeness (QED) is 0.307. The highest BCUT2D eigenvalue weighted by Gasteiger charge is 2.43. The first-order valence-corrected chi connectivity index (χ1v) is 12.8. The zero-order valence-electron chi connectivity index (χ0n) is 21.4. The van der Waals surface area contributed by atoms with Crippen LogP contribution in [-0.2, 0) is 6.42 Å². The maximum absolute atomic E-state index is 5.95. The summed E-state index contributed by atoms with van der Waals surface area (Å²) >= 11 is 5.95. The van der Waals surface area contributed by atoms with Gasteiger partial charge >= 0.3 is 0 Å². The summed E-state index contributed by atoms with van der Waals surface area (Å²) < 4.78 is 8.16. The number of aromatic nitrogens is 2. The Balaban J connectivity index is 1.73. The van der Waals surface area contributed by atoms with Gasteiger partial charge in [0.25, 0.3) is 0 Å². The van der Waals surface area contributed by atoms with Crippen molar-refractivity contribution in [1.82, 2.24) is 14.9 Å². The molecular formula is C30H32N4OS. The summed E-state index contributed by atoms with van der Waals surface area (Å²) in [4.78, 5) is 6.91. The van der Waals surface area contributed by atoms with E-state index in [1.807, 2.05) is 36.5 Å². The molecule has 0 spiro atoms. The standard InChI is InChI=1S/C30H32N4OS/c1-6-22-13-11-12-19(2)28(22)33-20(3)18-23(21(33)4)29-27(24-14-9-10-17-31-24)32-30(36)34(29)25-15-7-8-16-26(25)35-5/h7-18,27,29H,6H2,1-5H3,(H,32,36)/t27-,29+/m0/s1. The molecule has 4 aromatic rings. The number of thiocarbonyl (C=S) groups is 1. The van der Waals surface area contributed by atoms with Crippen LogP contribution in [0.3, 0.4) is 0 Å². The van der Waals surface area contributed by atoms with Crippen LogP contribution in [0, 0.1) is 20.8 Å². The van der Waals surface area contributed by atoms with Crippen LogP contribution in [0.1, 0.15) is 52.8 Å². The molecular weight excluding hydrogens is 464 g/mol. The van der Waals surface area contributed by atoms with Gasteiger partial charge in [0.15, 0.2) is 5.11 Å². The molecule has 2 aromatic heterocycles. The molecule has 0 bridgehead atoms. The van der Waals surface area contributed by atoms with Gasteiger partial charge in [0, 0.05) is 17.6 Å². The molecule has 1 aliphatic heterocycles. The molecule has 1 aliphatic rings. The van der Waals surface area contributed by atoms with Crippen LogP contribution in [0.15, 0.2) is 72.9 Å². The second kappa shape index (κ2) is 9.78. The lowest BCUT2D eigenvalue weighted by molar-refractivity contribution is 0.414. The van der Waals surface area contributed by atoms with Crippen molar-refractivity contribution >= 4 is 23.0 Å². The summed E-state index contributed by atoms with van der Waals surface area (Å²) in [6, 6.07) is 22.7. The molecule has 5 nitrogen and oxygen atoms in total. The van der Waals surface area contributed by atoms with Gasteiger partial charge in [-0.3, -0.25) is 4.98 Å². The van der Waals surface area contributed by atoms with Crippen LogP contribution < -0.4 is 15.0 Å². The van der Waals surface area contributed by atoms with Crippen molar-refractivity contribution in [3.05, 3.63) is 107 Å². The zero-order chi connectivity index (χ0) is 25.4. The second-order valence-corrected chi connectivity index (χ2v) is 9.65. The molecule has 0 amide bonds. The number of nitrogens with zero attached hydrogens (tertiary/aromatic N) is 3. The third-order valence-corrected chi connectivity index (χ3v) is 7.47. The van der Waals surface area contributed by atoms with Gasteiger partial charge in [0.05, 0.1) is 36.3 Å². The van der Waals surface area contributed by atoms with Crippen LogP contribution >= 0.6 is 12.2 Å². The van der Waals surface area contributed by atoms with Gasteiger partial charge in [-0.05, 0) is 86.4 Å². The van der Waals surface area contributed by atoms with E-state index in [2.05, 4.69) is 78.9 Å².